The summed E-state index contributed by atoms with van der Waals surface area (Å²) in [6.45, 7) is 0. The summed E-state index contributed by atoms with van der Waals surface area (Å²) in [5, 5.41) is 19.4. The fourth-order valence-electron chi connectivity index (χ4n) is 0.998. The first-order valence-electron chi connectivity index (χ1n) is 3.92. The number of carboxylic acids is 2. The van der Waals surface area contributed by atoms with E-state index in [0.717, 1.165) is 11.8 Å². The normalized spacial score (nSPS) is 23.2. The third-order valence-electron chi connectivity index (χ3n) is 1.77. The molecular formula is C7H9ClN2O4S. The van der Waals surface area contributed by atoms with Crippen molar-refractivity contribution in [2.75, 3.05) is 5.75 Å². The van der Waals surface area contributed by atoms with Crippen LogP contribution in [0.15, 0.2) is 10.7 Å². The van der Waals surface area contributed by atoms with Crippen LogP contribution < -0.4 is 11.1 Å². The Morgan fingerprint density at radius 1 is 1.60 bits per heavy atom. The van der Waals surface area contributed by atoms with Gasteiger partial charge in [-0.05, 0) is 0 Å². The summed E-state index contributed by atoms with van der Waals surface area (Å²) in [7, 11) is 0. The second-order valence-electron chi connectivity index (χ2n) is 2.83. The molecule has 0 saturated heterocycles. The predicted octanol–water partition coefficient (Wildman–Crippen LogP) is -0.404. The molecule has 2 atom stereocenters. The molecule has 1 rings (SSSR count). The van der Waals surface area contributed by atoms with Crippen molar-refractivity contribution in [3.8, 4) is 0 Å². The minimum atomic E-state index is -1.22. The molecule has 0 bridgehead atoms. The molecule has 0 spiro atoms. The highest BCUT2D eigenvalue weighted by Gasteiger charge is 2.31. The van der Waals surface area contributed by atoms with Gasteiger partial charge in [-0.1, -0.05) is 11.6 Å². The van der Waals surface area contributed by atoms with E-state index in [1.165, 1.54) is 0 Å². The van der Waals surface area contributed by atoms with Crippen molar-refractivity contribution in [1.29, 1.82) is 0 Å². The smallest absolute Gasteiger partial charge is 0.353 e. The van der Waals surface area contributed by atoms with Crippen molar-refractivity contribution < 1.29 is 19.8 Å². The molecule has 15 heavy (non-hydrogen) atoms. The van der Waals surface area contributed by atoms with E-state index in [1.54, 1.807) is 0 Å². The number of thioether (sulfide) groups is 1. The van der Waals surface area contributed by atoms with Gasteiger partial charge in [0.2, 0.25) is 0 Å². The SMILES string of the molecule is N[C@H](C(=O)O)[C@@H]1NC(C(=O)O)=C(Cl)CS1. The average molecular weight is 253 g/mol. The quantitative estimate of drug-likeness (QED) is 0.540. The van der Waals surface area contributed by atoms with Gasteiger partial charge in [0.05, 0.1) is 10.4 Å². The molecule has 0 radical (unpaired) electrons. The van der Waals surface area contributed by atoms with E-state index in [9.17, 15) is 9.59 Å². The Hall–Kier alpha value is -0.920. The molecule has 0 aromatic rings. The van der Waals surface area contributed by atoms with Crippen LogP contribution in [-0.2, 0) is 9.59 Å². The van der Waals surface area contributed by atoms with E-state index in [4.69, 9.17) is 27.5 Å². The van der Waals surface area contributed by atoms with Gasteiger partial charge in [0, 0.05) is 5.75 Å². The molecule has 8 heteroatoms. The molecule has 84 valence electrons. The topological polar surface area (TPSA) is 113 Å². The summed E-state index contributed by atoms with van der Waals surface area (Å²) in [4.78, 5) is 21.3. The monoisotopic (exact) mass is 252 g/mol. The number of halogens is 1. The zero-order chi connectivity index (χ0) is 11.6. The van der Waals surface area contributed by atoms with Gasteiger partial charge < -0.3 is 21.3 Å². The summed E-state index contributed by atoms with van der Waals surface area (Å²) in [6, 6.07) is -1.17. The van der Waals surface area contributed by atoms with Crippen LogP contribution in [0.3, 0.4) is 0 Å². The number of aliphatic carboxylic acids is 2. The summed E-state index contributed by atoms with van der Waals surface area (Å²) in [6.07, 6.45) is 0. The van der Waals surface area contributed by atoms with Crippen LogP contribution in [0, 0.1) is 0 Å². The Bertz CT molecular complexity index is 333. The minimum Gasteiger partial charge on any atom is -0.480 e. The molecular weight excluding hydrogens is 244 g/mol. The van der Waals surface area contributed by atoms with Crippen molar-refractivity contribution >= 4 is 35.3 Å². The highest BCUT2D eigenvalue weighted by Crippen LogP contribution is 2.26. The predicted molar refractivity (Wildman–Crippen MR) is 55.5 cm³/mol. The Morgan fingerprint density at radius 3 is 2.67 bits per heavy atom. The van der Waals surface area contributed by atoms with E-state index in [2.05, 4.69) is 5.32 Å². The lowest BCUT2D eigenvalue weighted by molar-refractivity contribution is -0.139. The second kappa shape index (κ2) is 4.73. The fourth-order valence-corrected chi connectivity index (χ4v) is 2.32. The van der Waals surface area contributed by atoms with Gasteiger partial charge >= 0.3 is 11.9 Å². The maximum Gasteiger partial charge on any atom is 0.353 e. The number of rotatable bonds is 3. The third-order valence-corrected chi connectivity index (χ3v) is 3.48. The van der Waals surface area contributed by atoms with Crippen molar-refractivity contribution in [2.24, 2.45) is 5.73 Å². The molecule has 1 aliphatic rings. The number of nitrogens with two attached hydrogens (primary N) is 1. The van der Waals surface area contributed by atoms with Crippen LogP contribution >= 0.6 is 23.4 Å². The lowest BCUT2D eigenvalue weighted by Crippen LogP contribution is -2.50. The molecule has 1 heterocycles. The lowest BCUT2D eigenvalue weighted by Gasteiger charge is -2.27. The first kappa shape index (κ1) is 12.2. The molecule has 0 fully saturated rings. The summed E-state index contributed by atoms with van der Waals surface area (Å²) in [5.41, 5.74) is 5.17. The highest BCUT2D eigenvalue weighted by atomic mass is 35.5. The van der Waals surface area contributed by atoms with Crippen LogP contribution in [0.5, 0.6) is 0 Å². The van der Waals surface area contributed by atoms with Crippen LogP contribution in [0.4, 0.5) is 0 Å². The van der Waals surface area contributed by atoms with Crippen molar-refractivity contribution in [3.63, 3.8) is 0 Å². The van der Waals surface area contributed by atoms with Crippen LogP contribution in [-0.4, -0.2) is 39.3 Å². The van der Waals surface area contributed by atoms with Gasteiger partial charge in [-0.25, -0.2) is 4.79 Å². The van der Waals surface area contributed by atoms with E-state index >= 15 is 0 Å². The molecule has 0 amide bonds. The fraction of sp³-hybridized carbons (Fsp3) is 0.429. The first-order chi connectivity index (χ1) is 6.93. The number of carbonyl (C=O) groups is 2. The van der Waals surface area contributed by atoms with Crippen LogP contribution in [0.1, 0.15) is 0 Å². The lowest BCUT2D eigenvalue weighted by atomic mass is 10.3. The van der Waals surface area contributed by atoms with Crippen molar-refractivity contribution in [1.82, 2.24) is 5.32 Å². The van der Waals surface area contributed by atoms with Crippen LogP contribution in [0.2, 0.25) is 0 Å². The minimum absolute atomic E-state index is 0.154. The third kappa shape index (κ3) is 2.77. The summed E-state index contributed by atoms with van der Waals surface area (Å²) in [5.74, 6) is -2.17. The molecule has 0 saturated carbocycles. The maximum atomic E-state index is 10.7. The Labute approximate surface area is 94.5 Å². The molecule has 0 aromatic carbocycles. The average Bonchev–Trinajstić information content (AvgIpc) is 2.16. The van der Waals surface area contributed by atoms with Gasteiger partial charge in [-0.2, -0.15) is 0 Å². The molecule has 1 aliphatic heterocycles. The zero-order valence-corrected chi connectivity index (χ0v) is 9.01. The van der Waals surface area contributed by atoms with Gasteiger partial charge in [-0.3, -0.25) is 4.79 Å². The van der Waals surface area contributed by atoms with Gasteiger partial charge in [0.15, 0.2) is 0 Å². The molecule has 0 aliphatic carbocycles. The van der Waals surface area contributed by atoms with E-state index in [0.29, 0.717) is 0 Å². The largest absolute Gasteiger partial charge is 0.480 e. The zero-order valence-electron chi connectivity index (χ0n) is 7.44. The standard InChI is InChI=1S/C7H9ClN2O4S/c8-2-1-15-5(3(9)6(11)12)10-4(2)7(13)14/h3,5,10H,1,9H2,(H,11,12)(H,13,14)/t3-,5+/m0/s1. The second-order valence-corrected chi connectivity index (χ2v) is 4.41. The van der Waals surface area contributed by atoms with Crippen LogP contribution in [0.25, 0.3) is 0 Å². The highest BCUT2D eigenvalue weighted by molar-refractivity contribution is 8.00. The Morgan fingerprint density at radius 2 is 2.20 bits per heavy atom. The Balaban J connectivity index is 2.79. The summed E-state index contributed by atoms with van der Waals surface area (Å²) >= 11 is 6.81. The van der Waals surface area contributed by atoms with Crippen molar-refractivity contribution in [2.45, 2.75) is 11.4 Å². The summed E-state index contributed by atoms with van der Waals surface area (Å²) < 4.78 is 0. The van der Waals surface area contributed by atoms with E-state index in [-0.39, 0.29) is 16.5 Å². The Kier molecular flexibility index (Phi) is 3.83. The van der Waals surface area contributed by atoms with Crippen molar-refractivity contribution in [3.05, 3.63) is 10.7 Å². The maximum absolute atomic E-state index is 10.7. The van der Waals surface area contributed by atoms with Gasteiger partial charge in [0.25, 0.3) is 0 Å². The van der Waals surface area contributed by atoms with Gasteiger partial charge in [0.1, 0.15) is 11.7 Å². The van der Waals surface area contributed by atoms with E-state index in [1.807, 2.05) is 0 Å². The first-order valence-corrected chi connectivity index (χ1v) is 5.34. The van der Waals surface area contributed by atoms with E-state index < -0.39 is 23.4 Å². The molecule has 0 unspecified atom stereocenters. The number of nitrogens with one attached hydrogen (secondary N) is 1. The number of hydrogen-bond acceptors (Lipinski definition) is 5. The molecule has 0 aromatic heterocycles. The van der Waals surface area contributed by atoms with Gasteiger partial charge in [-0.15, -0.1) is 11.8 Å². The number of hydrogen-bond donors (Lipinski definition) is 4. The molecule has 5 N–H and O–H groups in total. The number of carboxylic acid groups (broad SMARTS) is 2. The molecule has 6 nitrogen and oxygen atoms in total.